The summed E-state index contributed by atoms with van der Waals surface area (Å²) in [4.78, 5) is 26.8. The Hall–Kier alpha value is -2.10. The van der Waals surface area contributed by atoms with Crippen LogP contribution in [0.4, 0.5) is 26.3 Å². The van der Waals surface area contributed by atoms with Crippen molar-refractivity contribution in [3.05, 3.63) is 35.4 Å². The molecular weight excluding hydrogens is 462 g/mol. The number of alkyl halides is 6. The number of rotatable bonds is 9. The lowest BCUT2D eigenvalue weighted by Gasteiger charge is -2.33. The van der Waals surface area contributed by atoms with Crippen molar-refractivity contribution in [2.24, 2.45) is 17.3 Å². The first kappa shape index (κ1) is 28.1. The van der Waals surface area contributed by atoms with Crippen molar-refractivity contribution in [1.29, 1.82) is 0 Å². The van der Waals surface area contributed by atoms with Gasteiger partial charge in [0, 0.05) is 24.6 Å². The van der Waals surface area contributed by atoms with E-state index in [1.54, 1.807) is 0 Å². The minimum Gasteiger partial charge on any atom is -0.354 e. The van der Waals surface area contributed by atoms with Gasteiger partial charge in [-0.15, -0.1) is 0 Å². The number of benzene rings is 1. The molecule has 1 heterocycles. The van der Waals surface area contributed by atoms with Gasteiger partial charge in [0.1, 0.15) is 5.41 Å². The smallest absolute Gasteiger partial charge is 0.354 e. The van der Waals surface area contributed by atoms with Gasteiger partial charge >= 0.3 is 12.4 Å². The fourth-order valence-corrected chi connectivity index (χ4v) is 4.07. The van der Waals surface area contributed by atoms with Crippen LogP contribution < -0.4 is 5.32 Å². The van der Waals surface area contributed by atoms with Crippen molar-refractivity contribution in [2.75, 3.05) is 26.2 Å². The van der Waals surface area contributed by atoms with Gasteiger partial charge in [0.25, 0.3) is 0 Å². The number of piperidine rings is 1. The molecule has 1 amide bonds. The summed E-state index contributed by atoms with van der Waals surface area (Å²) >= 11 is 0. The van der Waals surface area contributed by atoms with Crippen molar-refractivity contribution in [3.8, 4) is 0 Å². The second kappa shape index (κ2) is 11.1. The second-order valence-electron chi connectivity index (χ2n) is 9.45. The van der Waals surface area contributed by atoms with Crippen molar-refractivity contribution in [2.45, 2.75) is 58.8 Å². The summed E-state index contributed by atoms with van der Waals surface area (Å²) in [5.41, 5.74) is -3.23. The monoisotopic (exact) mass is 494 g/mol. The summed E-state index contributed by atoms with van der Waals surface area (Å²) in [6.07, 6.45) is -6.49. The quantitative estimate of drug-likeness (QED) is 0.353. The molecule has 1 aromatic rings. The molecule has 1 saturated heterocycles. The van der Waals surface area contributed by atoms with Crippen LogP contribution >= 0.6 is 0 Å². The summed E-state index contributed by atoms with van der Waals surface area (Å²) in [6.45, 7) is 5.42. The lowest BCUT2D eigenvalue weighted by molar-refractivity contribution is -0.211. The molecule has 1 aromatic carbocycles. The molecule has 1 aliphatic rings. The summed E-state index contributed by atoms with van der Waals surface area (Å²) in [5.74, 6) is -1.49. The third-order valence-electron chi connectivity index (χ3n) is 6.65. The largest absolute Gasteiger partial charge is 0.416 e. The van der Waals surface area contributed by atoms with Gasteiger partial charge in [-0.2, -0.15) is 26.3 Å². The fraction of sp³-hybridized carbons (Fsp3) is 0.667. The number of amides is 1. The van der Waals surface area contributed by atoms with E-state index in [0.717, 1.165) is 38.8 Å². The zero-order valence-electron chi connectivity index (χ0n) is 19.7. The highest BCUT2D eigenvalue weighted by atomic mass is 19.4. The average Bonchev–Trinajstić information content (AvgIpc) is 2.76. The van der Waals surface area contributed by atoms with E-state index in [1.165, 1.54) is 12.1 Å². The number of carbonyl (C=O) groups is 2. The highest BCUT2D eigenvalue weighted by Gasteiger charge is 2.52. The predicted octanol–water partition coefficient (Wildman–Crippen LogP) is 5.72. The lowest BCUT2D eigenvalue weighted by Crippen LogP contribution is -2.48. The van der Waals surface area contributed by atoms with Crippen LogP contribution in [-0.4, -0.2) is 48.9 Å². The van der Waals surface area contributed by atoms with E-state index in [4.69, 9.17) is 0 Å². The van der Waals surface area contributed by atoms with Crippen LogP contribution in [0, 0.1) is 17.3 Å². The second-order valence-corrected chi connectivity index (χ2v) is 9.45. The predicted molar refractivity (Wildman–Crippen MR) is 116 cm³/mol. The maximum atomic E-state index is 13.0. The molecule has 0 spiro atoms. The lowest BCUT2D eigenvalue weighted by atomic mass is 9.82. The first-order valence-corrected chi connectivity index (χ1v) is 11.5. The van der Waals surface area contributed by atoms with Crippen molar-refractivity contribution < 1.29 is 35.9 Å². The van der Waals surface area contributed by atoms with E-state index < -0.39 is 29.2 Å². The van der Waals surface area contributed by atoms with Crippen molar-refractivity contribution in [1.82, 2.24) is 10.2 Å². The molecule has 1 unspecified atom stereocenters. The van der Waals surface area contributed by atoms with Gasteiger partial charge in [-0.05, 0) is 70.7 Å². The minimum atomic E-state index is -4.63. The van der Waals surface area contributed by atoms with Gasteiger partial charge in [-0.1, -0.05) is 19.1 Å². The fourth-order valence-electron chi connectivity index (χ4n) is 4.07. The first-order valence-electron chi connectivity index (χ1n) is 11.5. The van der Waals surface area contributed by atoms with Crippen LogP contribution in [0.2, 0.25) is 0 Å². The Kier molecular flexibility index (Phi) is 9.18. The van der Waals surface area contributed by atoms with Gasteiger partial charge in [0.15, 0.2) is 5.78 Å². The number of likely N-dealkylation sites (tertiary alicyclic amines) is 1. The number of halogens is 6. The summed E-state index contributed by atoms with van der Waals surface area (Å²) < 4.78 is 77.7. The van der Waals surface area contributed by atoms with Gasteiger partial charge in [0.2, 0.25) is 5.91 Å². The standard InChI is InChI=1S/C24H32F6N2O2/c1-4-17(20(33)18-6-5-7-19(15-18)23(25,26)27)14-16-8-11-32(12-9-16)13-10-31-21(34)22(2,3)24(28,29)30/h5-7,15-17H,4,8-14H2,1-3H3,(H,31,34). The highest BCUT2D eigenvalue weighted by Crippen LogP contribution is 2.37. The van der Waals surface area contributed by atoms with Gasteiger partial charge in [-0.25, -0.2) is 0 Å². The highest BCUT2D eigenvalue weighted by molar-refractivity contribution is 5.98. The zero-order valence-corrected chi connectivity index (χ0v) is 19.7. The normalized spacial score (nSPS) is 17.4. The molecule has 34 heavy (non-hydrogen) atoms. The van der Waals surface area contributed by atoms with Crippen LogP contribution in [0.1, 0.15) is 62.4 Å². The molecule has 0 saturated carbocycles. The molecule has 0 aromatic heterocycles. The first-order chi connectivity index (χ1) is 15.7. The van der Waals surface area contributed by atoms with Crippen LogP contribution in [0.5, 0.6) is 0 Å². The Morgan fingerprint density at radius 1 is 1.09 bits per heavy atom. The summed E-state index contributed by atoms with van der Waals surface area (Å²) in [5, 5.41) is 2.35. The molecule has 2 rings (SSSR count). The van der Waals surface area contributed by atoms with Crippen LogP contribution in [0.3, 0.4) is 0 Å². The Morgan fingerprint density at radius 2 is 1.71 bits per heavy atom. The molecule has 1 N–H and O–H groups in total. The van der Waals surface area contributed by atoms with Crippen LogP contribution in [0.25, 0.3) is 0 Å². The van der Waals surface area contributed by atoms with Crippen LogP contribution in [0.15, 0.2) is 24.3 Å². The van der Waals surface area contributed by atoms with E-state index in [-0.39, 0.29) is 29.7 Å². The summed E-state index contributed by atoms with van der Waals surface area (Å²) in [6, 6.07) is 4.51. The van der Waals surface area contributed by atoms with E-state index in [2.05, 4.69) is 5.32 Å². The summed E-state index contributed by atoms with van der Waals surface area (Å²) in [7, 11) is 0. The Balaban J connectivity index is 1.83. The molecular formula is C24H32F6N2O2. The van der Waals surface area contributed by atoms with Crippen LogP contribution in [-0.2, 0) is 11.0 Å². The molecule has 1 aliphatic heterocycles. The molecule has 192 valence electrons. The zero-order chi connectivity index (χ0) is 25.7. The van der Waals surface area contributed by atoms with E-state index in [0.29, 0.717) is 32.5 Å². The number of carbonyl (C=O) groups excluding carboxylic acids is 2. The molecule has 0 bridgehead atoms. The maximum Gasteiger partial charge on any atom is 0.416 e. The SMILES string of the molecule is CCC(CC1CCN(CCNC(=O)C(C)(C)C(F)(F)F)CC1)C(=O)c1cccc(C(F)(F)F)c1. The molecule has 0 radical (unpaired) electrons. The maximum absolute atomic E-state index is 13.0. The number of Topliss-reactive ketones (excluding diaryl/α,β-unsaturated/α-hetero) is 1. The van der Waals surface area contributed by atoms with Gasteiger partial charge in [-0.3, -0.25) is 9.59 Å². The van der Waals surface area contributed by atoms with E-state index >= 15 is 0 Å². The number of nitrogens with zero attached hydrogens (tertiary/aromatic N) is 1. The number of hydrogen-bond donors (Lipinski definition) is 1. The number of hydrogen-bond acceptors (Lipinski definition) is 3. The minimum absolute atomic E-state index is 0.0663. The Bertz CT molecular complexity index is 843. The van der Waals surface area contributed by atoms with Crippen molar-refractivity contribution >= 4 is 11.7 Å². The third kappa shape index (κ3) is 7.20. The molecule has 1 atom stereocenters. The number of nitrogens with one attached hydrogen (secondary N) is 1. The topological polar surface area (TPSA) is 49.4 Å². The van der Waals surface area contributed by atoms with E-state index in [9.17, 15) is 35.9 Å². The Morgan fingerprint density at radius 3 is 2.24 bits per heavy atom. The van der Waals surface area contributed by atoms with Crippen molar-refractivity contribution in [3.63, 3.8) is 0 Å². The molecule has 0 aliphatic carbocycles. The third-order valence-corrected chi connectivity index (χ3v) is 6.65. The number of ketones is 1. The van der Waals surface area contributed by atoms with Gasteiger partial charge < -0.3 is 10.2 Å². The van der Waals surface area contributed by atoms with E-state index in [1.807, 2.05) is 11.8 Å². The van der Waals surface area contributed by atoms with Gasteiger partial charge in [0.05, 0.1) is 5.56 Å². The molecule has 10 heteroatoms. The molecule has 4 nitrogen and oxygen atoms in total. The average molecular weight is 495 g/mol. The molecule has 1 fully saturated rings. The Labute approximate surface area is 196 Å².